The Morgan fingerprint density at radius 2 is 1.95 bits per heavy atom. The van der Waals surface area contributed by atoms with Crippen molar-refractivity contribution in [2.75, 3.05) is 0 Å². The number of pyridine rings is 1. The van der Waals surface area contributed by atoms with Crippen LogP contribution < -0.4 is 5.56 Å². The summed E-state index contributed by atoms with van der Waals surface area (Å²) in [6.07, 6.45) is 1.35. The zero-order valence-electron chi connectivity index (χ0n) is 10.5. The van der Waals surface area contributed by atoms with Gasteiger partial charge in [0.15, 0.2) is 5.78 Å². The van der Waals surface area contributed by atoms with Crippen molar-refractivity contribution in [3.8, 4) is 0 Å². The number of hydrogen-bond acceptors (Lipinski definition) is 4. The Labute approximate surface area is 135 Å². The van der Waals surface area contributed by atoms with Crippen molar-refractivity contribution < 1.29 is 9.72 Å². The van der Waals surface area contributed by atoms with E-state index >= 15 is 0 Å². The fraction of sp³-hybridized carbons (Fsp3) is 0.0769. The minimum atomic E-state index is -0.813. The molecular weight excluding hydrogens is 408 g/mol. The van der Waals surface area contributed by atoms with Crippen molar-refractivity contribution >= 4 is 43.3 Å². The van der Waals surface area contributed by atoms with Crippen LogP contribution in [0.2, 0.25) is 0 Å². The molecule has 1 heterocycles. The molecule has 0 spiro atoms. The maximum Gasteiger partial charge on any atom is 0.335 e. The number of nitro groups is 1. The molecule has 1 aromatic carbocycles. The number of rotatable bonds is 4. The van der Waals surface area contributed by atoms with Crippen LogP contribution in [0.15, 0.2) is 50.3 Å². The molecule has 2 aromatic rings. The lowest BCUT2D eigenvalue weighted by Gasteiger charge is -2.06. The normalized spacial score (nSPS) is 10.4. The highest BCUT2D eigenvalue weighted by atomic mass is 79.9. The number of benzene rings is 1. The summed E-state index contributed by atoms with van der Waals surface area (Å²) < 4.78 is 2.11. The fourth-order valence-electron chi connectivity index (χ4n) is 1.74. The van der Waals surface area contributed by atoms with Crippen molar-refractivity contribution in [2.24, 2.45) is 0 Å². The van der Waals surface area contributed by atoms with E-state index in [1.165, 1.54) is 6.20 Å². The van der Waals surface area contributed by atoms with E-state index < -0.39 is 16.2 Å². The van der Waals surface area contributed by atoms with E-state index in [1.54, 1.807) is 24.3 Å². The number of halogens is 2. The minimum Gasteiger partial charge on any atom is -0.301 e. The van der Waals surface area contributed by atoms with Gasteiger partial charge in [-0.3, -0.25) is 19.7 Å². The molecule has 6 nitrogen and oxygen atoms in total. The first-order valence-electron chi connectivity index (χ1n) is 5.71. The zero-order valence-corrected chi connectivity index (χ0v) is 13.6. The number of carbonyl (C=O) groups excluding carboxylic acids is 1. The molecule has 0 bridgehead atoms. The van der Waals surface area contributed by atoms with E-state index in [1.807, 2.05) is 0 Å². The Balaban J connectivity index is 2.38. The second kappa shape index (κ2) is 6.31. The van der Waals surface area contributed by atoms with Gasteiger partial charge in [0, 0.05) is 26.8 Å². The van der Waals surface area contributed by atoms with Gasteiger partial charge in [-0.1, -0.05) is 28.1 Å². The van der Waals surface area contributed by atoms with Gasteiger partial charge in [-0.05, 0) is 28.1 Å². The lowest BCUT2D eigenvalue weighted by molar-refractivity contribution is -0.386. The number of ketones is 1. The third-order valence-corrected chi connectivity index (χ3v) is 3.62. The molecule has 2 rings (SSSR count). The maximum absolute atomic E-state index is 12.1. The van der Waals surface area contributed by atoms with Gasteiger partial charge in [0.2, 0.25) is 0 Å². The Hall–Kier alpha value is -1.80. The van der Waals surface area contributed by atoms with Crippen LogP contribution in [0.1, 0.15) is 10.4 Å². The van der Waals surface area contributed by atoms with Crippen LogP contribution in [0, 0.1) is 10.1 Å². The van der Waals surface area contributed by atoms with E-state index in [-0.39, 0.29) is 12.3 Å². The summed E-state index contributed by atoms with van der Waals surface area (Å²) in [7, 11) is 0. The van der Waals surface area contributed by atoms with Crippen LogP contribution >= 0.6 is 31.9 Å². The number of Topliss-reactive ketones (excluding diaryl/α,β-unsaturated/α-hetero) is 1. The van der Waals surface area contributed by atoms with Gasteiger partial charge in [-0.2, -0.15) is 0 Å². The summed E-state index contributed by atoms with van der Waals surface area (Å²) >= 11 is 6.35. The average Bonchev–Trinajstić information content (AvgIpc) is 2.42. The van der Waals surface area contributed by atoms with Crippen molar-refractivity contribution in [1.82, 2.24) is 4.57 Å². The second-order valence-electron chi connectivity index (χ2n) is 4.17. The lowest BCUT2D eigenvalue weighted by atomic mass is 10.1. The summed E-state index contributed by atoms with van der Waals surface area (Å²) in [6, 6.07) is 7.82. The van der Waals surface area contributed by atoms with Crippen LogP contribution in [0.25, 0.3) is 0 Å². The smallest absolute Gasteiger partial charge is 0.301 e. The number of nitrogens with zero attached hydrogens (tertiary/aromatic N) is 2. The molecule has 0 amide bonds. The number of hydrogen-bond donors (Lipinski definition) is 0. The molecule has 0 saturated heterocycles. The van der Waals surface area contributed by atoms with Crippen LogP contribution in [-0.4, -0.2) is 15.3 Å². The molecule has 0 atom stereocenters. The molecule has 0 unspecified atom stereocenters. The minimum absolute atomic E-state index is 0.268. The Morgan fingerprint density at radius 1 is 1.24 bits per heavy atom. The molecule has 0 fully saturated rings. The van der Waals surface area contributed by atoms with Crippen molar-refractivity contribution in [3.63, 3.8) is 0 Å². The van der Waals surface area contributed by atoms with E-state index in [2.05, 4.69) is 31.9 Å². The SMILES string of the molecule is O=C(Cn1cc(Br)cc([N+](=O)[O-])c1=O)c1cccc(Br)c1. The molecule has 108 valence electrons. The number of carbonyl (C=O) groups is 1. The van der Waals surface area contributed by atoms with Gasteiger partial charge < -0.3 is 4.57 Å². The van der Waals surface area contributed by atoms with Gasteiger partial charge >= 0.3 is 11.2 Å². The molecule has 8 heteroatoms. The molecular formula is C13H8Br2N2O4. The van der Waals surface area contributed by atoms with E-state index in [4.69, 9.17) is 0 Å². The van der Waals surface area contributed by atoms with Crippen LogP contribution in [0.5, 0.6) is 0 Å². The molecule has 0 aliphatic heterocycles. The van der Waals surface area contributed by atoms with Gasteiger partial charge in [0.1, 0.15) is 0 Å². The average molecular weight is 416 g/mol. The molecule has 0 aliphatic rings. The summed E-state index contributed by atoms with van der Waals surface area (Å²) in [5, 5.41) is 10.8. The third-order valence-electron chi connectivity index (χ3n) is 2.69. The first-order chi connectivity index (χ1) is 9.88. The van der Waals surface area contributed by atoms with Crippen molar-refractivity contribution in [3.05, 3.63) is 71.5 Å². The number of aromatic nitrogens is 1. The molecule has 1 aromatic heterocycles. The second-order valence-corrected chi connectivity index (χ2v) is 6.00. The predicted octanol–water partition coefficient (Wildman–Crippen LogP) is 3.16. The summed E-state index contributed by atoms with van der Waals surface area (Å²) in [5.74, 6) is -0.314. The van der Waals surface area contributed by atoms with Gasteiger partial charge in [-0.25, -0.2) is 0 Å². The fourth-order valence-corrected chi connectivity index (χ4v) is 2.60. The lowest BCUT2D eigenvalue weighted by Crippen LogP contribution is -2.25. The first kappa shape index (κ1) is 15.6. The topological polar surface area (TPSA) is 82.2 Å². The quantitative estimate of drug-likeness (QED) is 0.436. The Kier molecular flexibility index (Phi) is 4.69. The highest BCUT2D eigenvalue weighted by molar-refractivity contribution is 9.10. The monoisotopic (exact) mass is 414 g/mol. The van der Waals surface area contributed by atoms with Crippen LogP contribution in [-0.2, 0) is 6.54 Å². The van der Waals surface area contributed by atoms with Gasteiger partial charge in [-0.15, -0.1) is 0 Å². The van der Waals surface area contributed by atoms with E-state index in [0.29, 0.717) is 10.0 Å². The molecule has 21 heavy (non-hydrogen) atoms. The van der Waals surface area contributed by atoms with Gasteiger partial charge in [0.05, 0.1) is 11.5 Å². The Morgan fingerprint density at radius 3 is 2.57 bits per heavy atom. The molecule has 0 radical (unpaired) electrons. The zero-order chi connectivity index (χ0) is 15.6. The third kappa shape index (κ3) is 3.64. The summed E-state index contributed by atoms with van der Waals surface area (Å²) in [5.41, 5.74) is -0.975. The largest absolute Gasteiger partial charge is 0.335 e. The maximum atomic E-state index is 12.1. The highest BCUT2D eigenvalue weighted by Crippen LogP contribution is 2.15. The summed E-state index contributed by atoms with van der Waals surface area (Å²) in [4.78, 5) is 34.1. The van der Waals surface area contributed by atoms with Gasteiger partial charge in [0.25, 0.3) is 0 Å². The molecule has 0 saturated carbocycles. The van der Waals surface area contributed by atoms with Crippen LogP contribution in [0.3, 0.4) is 0 Å². The standard InChI is InChI=1S/C13H8Br2N2O4/c14-9-3-1-2-8(4-9)12(18)7-16-6-10(15)5-11(13(16)19)17(20)21/h1-6H,7H2. The van der Waals surface area contributed by atoms with Crippen molar-refractivity contribution in [1.29, 1.82) is 0 Å². The van der Waals surface area contributed by atoms with E-state index in [9.17, 15) is 19.7 Å². The van der Waals surface area contributed by atoms with Crippen LogP contribution in [0.4, 0.5) is 5.69 Å². The molecule has 0 aliphatic carbocycles. The first-order valence-corrected chi connectivity index (χ1v) is 7.30. The molecule has 0 N–H and O–H groups in total. The highest BCUT2D eigenvalue weighted by Gasteiger charge is 2.18. The predicted molar refractivity (Wildman–Crippen MR) is 83.5 cm³/mol. The van der Waals surface area contributed by atoms with E-state index in [0.717, 1.165) is 15.1 Å². The van der Waals surface area contributed by atoms with Crippen molar-refractivity contribution in [2.45, 2.75) is 6.54 Å². The summed E-state index contributed by atoms with van der Waals surface area (Å²) in [6.45, 7) is -0.268. The Bertz CT molecular complexity index is 786.